The van der Waals surface area contributed by atoms with Crippen molar-refractivity contribution >= 4 is 27.8 Å². The van der Waals surface area contributed by atoms with Crippen LogP contribution in [0.4, 0.5) is 0 Å². The molecule has 6 heteroatoms. The average molecular weight is 382 g/mol. The Balaban J connectivity index is 1.70. The van der Waals surface area contributed by atoms with Crippen molar-refractivity contribution in [1.29, 1.82) is 0 Å². The molecule has 1 aliphatic carbocycles. The maximum atomic E-state index is 12.2. The summed E-state index contributed by atoms with van der Waals surface area (Å²) in [6, 6.07) is 8.16. The third-order valence-corrected chi connectivity index (χ3v) is 5.43. The van der Waals surface area contributed by atoms with Gasteiger partial charge in [-0.2, -0.15) is 0 Å². The number of nitrogens with one attached hydrogen (secondary N) is 1. The molecular formula is C17H20BrNO4. The van der Waals surface area contributed by atoms with Gasteiger partial charge in [0, 0.05) is 29.6 Å². The Morgan fingerprint density at radius 3 is 2.65 bits per heavy atom. The van der Waals surface area contributed by atoms with Crippen LogP contribution in [-0.2, 0) is 19.7 Å². The first kappa shape index (κ1) is 16.5. The number of benzene rings is 1. The van der Waals surface area contributed by atoms with Crippen molar-refractivity contribution in [2.75, 3.05) is 19.8 Å². The Labute approximate surface area is 143 Å². The van der Waals surface area contributed by atoms with E-state index in [0.717, 1.165) is 17.3 Å². The molecule has 2 fully saturated rings. The fourth-order valence-electron chi connectivity index (χ4n) is 3.29. The summed E-state index contributed by atoms with van der Waals surface area (Å²) in [4.78, 5) is 23.1. The number of halogens is 1. The fraction of sp³-hybridized carbons (Fsp3) is 0.529. The van der Waals surface area contributed by atoms with Gasteiger partial charge >= 0.3 is 5.97 Å². The van der Waals surface area contributed by atoms with Gasteiger partial charge in [0.2, 0.25) is 5.91 Å². The maximum absolute atomic E-state index is 12.2. The first-order valence-corrected chi connectivity index (χ1v) is 8.65. The number of ether oxygens (including phenoxy) is 1. The van der Waals surface area contributed by atoms with E-state index in [-0.39, 0.29) is 17.2 Å². The van der Waals surface area contributed by atoms with E-state index >= 15 is 0 Å². The Kier molecular flexibility index (Phi) is 4.73. The second-order valence-electron chi connectivity index (χ2n) is 6.41. The molecule has 0 radical (unpaired) electrons. The van der Waals surface area contributed by atoms with Gasteiger partial charge in [-0.3, -0.25) is 9.59 Å². The lowest BCUT2D eigenvalue weighted by atomic mass is 9.74. The molecule has 1 aromatic rings. The second-order valence-corrected chi connectivity index (χ2v) is 7.32. The normalized spacial score (nSPS) is 25.6. The smallest absolute Gasteiger partial charge is 0.307 e. The van der Waals surface area contributed by atoms with Gasteiger partial charge in [-0.1, -0.05) is 28.1 Å². The Morgan fingerprint density at radius 1 is 1.30 bits per heavy atom. The molecule has 2 aliphatic rings. The van der Waals surface area contributed by atoms with Crippen molar-refractivity contribution in [2.45, 2.75) is 24.7 Å². The maximum Gasteiger partial charge on any atom is 0.307 e. The van der Waals surface area contributed by atoms with E-state index in [1.54, 1.807) is 0 Å². The van der Waals surface area contributed by atoms with Crippen molar-refractivity contribution in [2.24, 2.45) is 11.8 Å². The van der Waals surface area contributed by atoms with Crippen molar-refractivity contribution in [3.05, 3.63) is 34.3 Å². The summed E-state index contributed by atoms with van der Waals surface area (Å²) >= 11 is 3.51. The van der Waals surface area contributed by atoms with E-state index < -0.39 is 11.9 Å². The molecule has 2 atom stereocenters. The zero-order valence-electron chi connectivity index (χ0n) is 12.8. The van der Waals surface area contributed by atoms with E-state index in [4.69, 9.17) is 9.84 Å². The minimum atomic E-state index is -0.877. The summed E-state index contributed by atoms with van der Waals surface area (Å²) in [5.41, 5.74) is 1.03. The second kappa shape index (κ2) is 6.61. The van der Waals surface area contributed by atoms with Gasteiger partial charge in [0.1, 0.15) is 0 Å². The van der Waals surface area contributed by atoms with E-state index in [1.165, 1.54) is 5.56 Å². The lowest BCUT2D eigenvalue weighted by Crippen LogP contribution is -2.45. The number of carboxylic acids is 1. The molecular weight excluding hydrogens is 362 g/mol. The molecule has 3 rings (SSSR count). The summed E-state index contributed by atoms with van der Waals surface area (Å²) in [6.45, 7) is 1.86. The molecule has 0 unspecified atom stereocenters. The van der Waals surface area contributed by atoms with Crippen LogP contribution in [0.15, 0.2) is 28.7 Å². The van der Waals surface area contributed by atoms with Crippen LogP contribution in [0.25, 0.3) is 0 Å². The molecule has 1 aromatic carbocycles. The van der Waals surface area contributed by atoms with Crippen LogP contribution < -0.4 is 5.32 Å². The van der Waals surface area contributed by atoms with Crippen LogP contribution in [-0.4, -0.2) is 36.7 Å². The molecule has 0 aromatic heterocycles. The number of amides is 1. The van der Waals surface area contributed by atoms with Gasteiger partial charge in [-0.15, -0.1) is 0 Å². The van der Waals surface area contributed by atoms with Gasteiger partial charge in [0.15, 0.2) is 0 Å². The van der Waals surface area contributed by atoms with Gasteiger partial charge in [0.25, 0.3) is 0 Å². The van der Waals surface area contributed by atoms with Gasteiger partial charge < -0.3 is 15.2 Å². The molecule has 2 N–H and O–H groups in total. The molecule has 1 saturated heterocycles. The van der Waals surface area contributed by atoms with Crippen molar-refractivity contribution in [1.82, 2.24) is 5.32 Å². The standard InChI is InChI=1S/C17H20BrNO4/c18-12-3-1-2-11(8-12)17(4-6-23-7-5-17)10-19-15(20)13-9-14(13)16(21)22/h1-3,8,13-14H,4-7,9-10H2,(H,19,20)(H,21,22)/t13-,14-/m0/s1. The highest BCUT2D eigenvalue weighted by atomic mass is 79.9. The van der Waals surface area contributed by atoms with Crippen molar-refractivity contribution in [3.8, 4) is 0 Å². The average Bonchev–Trinajstić information content (AvgIpc) is 3.34. The number of carbonyl (C=O) groups excluding carboxylic acids is 1. The van der Waals surface area contributed by atoms with Crippen LogP contribution in [0.5, 0.6) is 0 Å². The first-order valence-electron chi connectivity index (χ1n) is 7.86. The topological polar surface area (TPSA) is 75.6 Å². The summed E-state index contributed by atoms with van der Waals surface area (Å²) < 4.78 is 6.50. The molecule has 1 amide bonds. The van der Waals surface area contributed by atoms with Crippen LogP contribution in [0, 0.1) is 11.8 Å². The highest BCUT2D eigenvalue weighted by molar-refractivity contribution is 9.10. The zero-order valence-corrected chi connectivity index (χ0v) is 14.3. The third-order valence-electron chi connectivity index (χ3n) is 4.93. The monoisotopic (exact) mass is 381 g/mol. The number of rotatable bonds is 5. The SMILES string of the molecule is O=C(O)[C@H]1C[C@@H]1C(=O)NCC1(c2cccc(Br)c2)CCOCC1. The van der Waals surface area contributed by atoms with Gasteiger partial charge in [0.05, 0.1) is 11.8 Å². The molecule has 0 bridgehead atoms. The quantitative estimate of drug-likeness (QED) is 0.820. The summed E-state index contributed by atoms with van der Waals surface area (Å²) in [5.74, 6) is -1.89. The van der Waals surface area contributed by atoms with E-state index in [0.29, 0.717) is 26.2 Å². The first-order chi connectivity index (χ1) is 11.0. The Bertz CT molecular complexity index is 612. The predicted molar refractivity (Wildman–Crippen MR) is 88.1 cm³/mol. The number of aliphatic carboxylic acids is 1. The van der Waals surface area contributed by atoms with Crippen molar-refractivity contribution in [3.63, 3.8) is 0 Å². The summed E-state index contributed by atoms with van der Waals surface area (Å²) in [7, 11) is 0. The van der Waals surface area contributed by atoms with Crippen LogP contribution in [0.3, 0.4) is 0 Å². The van der Waals surface area contributed by atoms with E-state index in [9.17, 15) is 9.59 Å². The zero-order chi connectivity index (χ0) is 16.4. The molecule has 124 valence electrons. The van der Waals surface area contributed by atoms with Crippen molar-refractivity contribution < 1.29 is 19.4 Å². The summed E-state index contributed by atoms with van der Waals surface area (Å²) in [6.07, 6.45) is 2.14. The van der Waals surface area contributed by atoms with Gasteiger partial charge in [-0.05, 0) is 37.0 Å². The predicted octanol–water partition coefficient (Wildman–Crippen LogP) is 2.33. The summed E-state index contributed by atoms with van der Waals surface area (Å²) in [5, 5.41) is 11.9. The number of hydrogen-bond acceptors (Lipinski definition) is 3. The molecule has 1 aliphatic heterocycles. The lowest BCUT2D eigenvalue weighted by Gasteiger charge is -2.38. The van der Waals surface area contributed by atoms with Crippen LogP contribution in [0.1, 0.15) is 24.8 Å². The molecule has 0 spiro atoms. The number of hydrogen-bond donors (Lipinski definition) is 2. The van der Waals surface area contributed by atoms with Crippen LogP contribution in [0.2, 0.25) is 0 Å². The molecule has 5 nitrogen and oxygen atoms in total. The molecule has 1 heterocycles. The lowest BCUT2D eigenvalue weighted by molar-refractivity contribution is -0.140. The van der Waals surface area contributed by atoms with E-state index in [1.807, 2.05) is 12.1 Å². The van der Waals surface area contributed by atoms with Gasteiger partial charge in [-0.25, -0.2) is 0 Å². The molecule has 1 saturated carbocycles. The Morgan fingerprint density at radius 2 is 2.04 bits per heavy atom. The highest BCUT2D eigenvalue weighted by Gasteiger charge is 2.48. The van der Waals surface area contributed by atoms with Crippen LogP contribution >= 0.6 is 15.9 Å². The fourth-order valence-corrected chi connectivity index (χ4v) is 3.69. The number of carbonyl (C=O) groups is 2. The van der Waals surface area contributed by atoms with E-state index in [2.05, 4.69) is 33.4 Å². The minimum absolute atomic E-state index is 0.140. The Hall–Kier alpha value is -1.40. The minimum Gasteiger partial charge on any atom is -0.481 e. The highest BCUT2D eigenvalue weighted by Crippen LogP contribution is 2.40. The number of carboxylic acid groups (broad SMARTS) is 1. The largest absolute Gasteiger partial charge is 0.481 e. The molecule has 23 heavy (non-hydrogen) atoms. The third kappa shape index (κ3) is 3.58.